The number of aryl methyl sites for hydroxylation is 1. The number of fused-ring (bicyclic) bond motifs is 1. The average molecular weight is 485 g/mol. The normalized spacial score (nSPS) is 26.1. The summed E-state index contributed by atoms with van der Waals surface area (Å²) in [5, 5.41) is 20.6. The van der Waals surface area contributed by atoms with Gasteiger partial charge in [0.05, 0.1) is 17.8 Å². The lowest BCUT2D eigenvalue weighted by Crippen LogP contribution is -2.25. The number of carbonyl (C=O) groups is 1. The van der Waals surface area contributed by atoms with Gasteiger partial charge in [0.1, 0.15) is 6.10 Å². The van der Waals surface area contributed by atoms with Crippen LogP contribution in [0.25, 0.3) is 11.1 Å². The highest BCUT2D eigenvalue weighted by atomic mass is 16.6. The van der Waals surface area contributed by atoms with Crippen LogP contribution in [0, 0.1) is 11.8 Å². The van der Waals surface area contributed by atoms with Gasteiger partial charge < -0.3 is 19.7 Å². The Hall–Kier alpha value is -3.25. The molecule has 2 N–H and O–H groups in total. The Morgan fingerprint density at radius 2 is 1.61 bits per heavy atom. The van der Waals surface area contributed by atoms with Gasteiger partial charge in [-0.1, -0.05) is 84.9 Å². The second-order valence-electron chi connectivity index (χ2n) is 9.71. The van der Waals surface area contributed by atoms with Crippen LogP contribution in [0.1, 0.15) is 35.2 Å². The van der Waals surface area contributed by atoms with Crippen molar-refractivity contribution in [2.45, 2.75) is 50.3 Å². The molecule has 36 heavy (non-hydrogen) atoms. The van der Waals surface area contributed by atoms with E-state index in [9.17, 15) is 15.0 Å². The molecule has 3 aromatic rings. The Bertz CT molecular complexity index is 1160. The van der Waals surface area contributed by atoms with Gasteiger partial charge in [0.2, 0.25) is 0 Å². The first-order valence-electron chi connectivity index (χ1n) is 12.7. The van der Waals surface area contributed by atoms with E-state index in [0.29, 0.717) is 24.8 Å². The third kappa shape index (κ3) is 5.76. The second-order valence-corrected chi connectivity index (χ2v) is 9.71. The van der Waals surface area contributed by atoms with Crippen LogP contribution in [0.15, 0.2) is 97.1 Å². The molecule has 0 amide bonds. The van der Waals surface area contributed by atoms with E-state index >= 15 is 0 Å². The van der Waals surface area contributed by atoms with Gasteiger partial charge >= 0.3 is 5.97 Å². The fourth-order valence-corrected chi connectivity index (χ4v) is 5.38. The highest BCUT2D eigenvalue weighted by molar-refractivity contribution is 5.90. The van der Waals surface area contributed by atoms with E-state index in [1.807, 2.05) is 66.7 Å². The maximum atomic E-state index is 13.0. The minimum Gasteiger partial charge on any atom is -0.458 e. The number of hydrogen-bond acceptors (Lipinski definition) is 5. The Morgan fingerprint density at radius 3 is 2.33 bits per heavy atom. The van der Waals surface area contributed by atoms with Crippen LogP contribution in [0.3, 0.4) is 0 Å². The zero-order valence-electron chi connectivity index (χ0n) is 20.1. The van der Waals surface area contributed by atoms with Gasteiger partial charge in [-0.15, -0.1) is 0 Å². The molecule has 1 heterocycles. The number of benzene rings is 3. The summed E-state index contributed by atoms with van der Waals surface area (Å²) in [6.07, 6.45) is 4.26. The Balaban J connectivity index is 1.24. The molecule has 1 saturated carbocycles. The molecular formula is C31H32O5. The van der Waals surface area contributed by atoms with Crippen LogP contribution in [0.2, 0.25) is 0 Å². The van der Waals surface area contributed by atoms with Gasteiger partial charge in [-0.05, 0) is 47.6 Å². The molecule has 1 aliphatic heterocycles. The first-order valence-corrected chi connectivity index (χ1v) is 12.7. The number of esters is 1. The van der Waals surface area contributed by atoms with E-state index in [0.717, 1.165) is 17.5 Å². The van der Waals surface area contributed by atoms with Gasteiger partial charge in [-0.2, -0.15) is 0 Å². The standard InChI is InChI=1S/C31H32O5/c32-25(16-11-21-7-3-1-4-8-21)17-18-26-27-19-30(33)35-29(27)20-28(26)36-31(34)24-14-12-23(13-15-24)22-9-5-2-6-10-22/h1-10,12-15,17-18,25-30,32-33H,11,16,19-20H2/b18-17+/t25-,26+,27+,28+,29-,30?/m0/s1. The highest BCUT2D eigenvalue weighted by Gasteiger charge is 2.50. The molecule has 0 aromatic heterocycles. The molecule has 3 aromatic carbocycles. The Labute approximate surface area is 212 Å². The molecular weight excluding hydrogens is 452 g/mol. The van der Waals surface area contributed by atoms with E-state index in [2.05, 4.69) is 12.1 Å². The van der Waals surface area contributed by atoms with Crippen molar-refractivity contribution in [3.63, 3.8) is 0 Å². The van der Waals surface area contributed by atoms with Crippen LogP contribution < -0.4 is 0 Å². The molecule has 0 spiro atoms. The number of carbonyl (C=O) groups excluding carboxylic acids is 1. The summed E-state index contributed by atoms with van der Waals surface area (Å²) in [7, 11) is 0. The van der Waals surface area contributed by atoms with Crippen LogP contribution in [-0.4, -0.2) is 40.8 Å². The number of aliphatic hydroxyl groups excluding tert-OH is 2. The van der Waals surface area contributed by atoms with E-state index in [1.54, 1.807) is 18.2 Å². The van der Waals surface area contributed by atoms with Gasteiger partial charge in [0, 0.05) is 18.8 Å². The quantitative estimate of drug-likeness (QED) is 0.341. The topological polar surface area (TPSA) is 76.0 Å². The predicted molar refractivity (Wildman–Crippen MR) is 138 cm³/mol. The first-order chi connectivity index (χ1) is 17.6. The third-order valence-electron chi connectivity index (χ3n) is 7.28. The van der Waals surface area contributed by atoms with E-state index < -0.39 is 12.4 Å². The van der Waals surface area contributed by atoms with Crippen molar-refractivity contribution in [2.75, 3.05) is 0 Å². The average Bonchev–Trinajstić information content (AvgIpc) is 3.42. The summed E-state index contributed by atoms with van der Waals surface area (Å²) in [4.78, 5) is 13.0. The zero-order chi connectivity index (χ0) is 24.9. The molecule has 186 valence electrons. The number of ether oxygens (including phenoxy) is 2. The van der Waals surface area contributed by atoms with Gasteiger partial charge in [-0.25, -0.2) is 4.79 Å². The van der Waals surface area contributed by atoms with Crippen molar-refractivity contribution in [1.82, 2.24) is 0 Å². The molecule has 5 rings (SSSR count). The van der Waals surface area contributed by atoms with Crippen molar-refractivity contribution in [1.29, 1.82) is 0 Å². The van der Waals surface area contributed by atoms with Crippen LogP contribution in [-0.2, 0) is 15.9 Å². The van der Waals surface area contributed by atoms with Gasteiger partial charge in [0.25, 0.3) is 0 Å². The smallest absolute Gasteiger partial charge is 0.338 e. The van der Waals surface area contributed by atoms with Crippen LogP contribution in [0.4, 0.5) is 0 Å². The molecule has 5 heteroatoms. The molecule has 1 unspecified atom stereocenters. The summed E-state index contributed by atoms with van der Waals surface area (Å²) >= 11 is 0. The zero-order valence-corrected chi connectivity index (χ0v) is 20.1. The lowest BCUT2D eigenvalue weighted by atomic mass is 9.91. The monoisotopic (exact) mass is 484 g/mol. The minimum absolute atomic E-state index is 0.0517. The molecule has 0 bridgehead atoms. The van der Waals surface area contributed by atoms with Crippen LogP contribution >= 0.6 is 0 Å². The van der Waals surface area contributed by atoms with Gasteiger partial charge in [-0.3, -0.25) is 0 Å². The molecule has 5 nitrogen and oxygen atoms in total. The van der Waals surface area contributed by atoms with Crippen molar-refractivity contribution in [3.05, 3.63) is 108 Å². The molecule has 1 saturated heterocycles. The lowest BCUT2D eigenvalue weighted by molar-refractivity contribution is -0.0955. The van der Waals surface area contributed by atoms with Crippen molar-refractivity contribution in [3.8, 4) is 11.1 Å². The number of hydrogen-bond donors (Lipinski definition) is 2. The summed E-state index contributed by atoms with van der Waals surface area (Å²) < 4.78 is 11.6. The molecule has 0 radical (unpaired) electrons. The molecule has 2 fully saturated rings. The van der Waals surface area contributed by atoms with Crippen LogP contribution in [0.5, 0.6) is 0 Å². The predicted octanol–water partition coefficient (Wildman–Crippen LogP) is 5.17. The third-order valence-corrected chi connectivity index (χ3v) is 7.28. The maximum Gasteiger partial charge on any atom is 0.338 e. The Kier molecular flexibility index (Phi) is 7.61. The SMILES string of the molecule is O=C(O[C@@H]1C[C@@H]2OC(O)C[C@@H]2[C@H]1/C=C/[C@@H](O)CCc1ccccc1)c1ccc(-c2ccccc2)cc1. The highest BCUT2D eigenvalue weighted by Crippen LogP contribution is 2.45. The fourth-order valence-electron chi connectivity index (χ4n) is 5.38. The fraction of sp³-hybridized carbons (Fsp3) is 0.323. The van der Waals surface area contributed by atoms with Crippen molar-refractivity contribution in [2.24, 2.45) is 11.8 Å². The molecule has 1 aliphatic carbocycles. The number of rotatable bonds is 8. The summed E-state index contributed by atoms with van der Waals surface area (Å²) in [5.74, 6) is -0.440. The molecule has 6 atom stereocenters. The van der Waals surface area contributed by atoms with Crippen molar-refractivity contribution >= 4 is 5.97 Å². The second kappa shape index (κ2) is 11.2. The van der Waals surface area contributed by atoms with E-state index in [1.165, 1.54) is 5.56 Å². The minimum atomic E-state index is -0.791. The molecule has 2 aliphatic rings. The maximum absolute atomic E-state index is 13.0. The summed E-state index contributed by atoms with van der Waals surface area (Å²) in [5.41, 5.74) is 3.81. The Morgan fingerprint density at radius 1 is 0.944 bits per heavy atom. The number of aliphatic hydroxyl groups is 2. The van der Waals surface area contributed by atoms with E-state index in [-0.39, 0.29) is 30.0 Å². The first kappa shape index (κ1) is 24.4. The van der Waals surface area contributed by atoms with Crippen molar-refractivity contribution < 1.29 is 24.5 Å². The lowest BCUT2D eigenvalue weighted by Gasteiger charge is -2.21. The van der Waals surface area contributed by atoms with Gasteiger partial charge in [0.15, 0.2) is 6.29 Å². The summed E-state index contributed by atoms with van der Waals surface area (Å²) in [6.45, 7) is 0. The summed E-state index contributed by atoms with van der Waals surface area (Å²) in [6, 6.07) is 27.5. The van der Waals surface area contributed by atoms with E-state index in [4.69, 9.17) is 9.47 Å². The largest absolute Gasteiger partial charge is 0.458 e.